The average Bonchev–Trinajstić information content (AvgIpc) is 2.65. The first-order chi connectivity index (χ1) is 12.1. The van der Waals surface area contributed by atoms with Gasteiger partial charge in [-0.05, 0) is 55.3 Å². The maximum atomic E-state index is 13.8. The standard InChI is InChI=1S/C19H18BrFN2O2/c20-15-3-6-17(21)18(11-15)22-19(25)14-7-9-23(10-8-14)16-4-1-13(12-24)2-5-16/h1-6,11-12,14H,7-10H2,(H,22,25). The van der Waals surface area contributed by atoms with Gasteiger partial charge in [-0.1, -0.05) is 15.9 Å². The van der Waals surface area contributed by atoms with E-state index in [1.165, 1.54) is 6.07 Å². The van der Waals surface area contributed by atoms with E-state index < -0.39 is 5.82 Å². The molecule has 1 aliphatic heterocycles. The molecular formula is C19H18BrFN2O2. The van der Waals surface area contributed by atoms with E-state index in [1.807, 2.05) is 12.1 Å². The van der Waals surface area contributed by atoms with Crippen molar-refractivity contribution in [2.24, 2.45) is 5.92 Å². The molecule has 1 aliphatic rings. The van der Waals surface area contributed by atoms with Crippen LogP contribution in [0, 0.1) is 11.7 Å². The predicted molar refractivity (Wildman–Crippen MR) is 99.5 cm³/mol. The average molecular weight is 405 g/mol. The van der Waals surface area contributed by atoms with Crippen molar-refractivity contribution in [3.8, 4) is 0 Å². The third-order valence-electron chi connectivity index (χ3n) is 4.45. The molecule has 0 saturated carbocycles. The van der Waals surface area contributed by atoms with Gasteiger partial charge in [-0.2, -0.15) is 0 Å². The lowest BCUT2D eigenvalue weighted by Gasteiger charge is -2.33. The van der Waals surface area contributed by atoms with E-state index in [4.69, 9.17) is 0 Å². The Bertz CT molecular complexity index is 771. The number of carbonyl (C=O) groups excluding carboxylic acids is 2. The van der Waals surface area contributed by atoms with Crippen LogP contribution in [0.2, 0.25) is 0 Å². The number of aldehydes is 1. The quantitative estimate of drug-likeness (QED) is 0.774. The summed E-state index contributed by atoms with van der Waals surface area (Å²) in [7, 11) is 0. The van der Waals surface area contributed by atoms with Crippen molar-refractivity contribution in [3.05, 3.63) is 58.3 Å². The second-order valence-electron chi connectivity index (χ2n) is 6.08. The van der Waals surface area contributed by atoms with Crippen molar-refractivity contribution in [2.75, 3.05) is 23.3 Å². The van der Waals surface area contributed by atoms with E-state index in [0.717, 1.165) is 29.5 Å². The zero-order valence-electron chi connectivity index (χ0n) is 13.5. The zero-order chi connectivity index (χ0) is 17.8. The van der Waals surface area contributed by atoms with Gasteiger partial charge in [0.25, 0.3) is 0 Å². The van der Waals surface area contributed by atoms with Crippen LogP contribution in [-0.2, 0) is 4.79 Å². The molecule has 0 radical (unpaired) electrons. The van der Waals surface area contributed by atoms with Gasteiger partial charge in [-0.15, -0.1) is 0 Å². The molecule has 1 N–H and O–H groups in total. The van der Waals surface area contributed by atoms with Crippen molar-refractivity contribution in [2.45, 2.75) is 12.8 Å². The first-order valence-electron chi connectivity index (χ1n) is 8.13. The first-order valence-corrected chi connectivity index (χ1v) is 8.92. The Morgan fingerprint density at radius 1 is 1.16 bits per heavy atom. The highest BCUT2D eigenvalue weighted by molar-refractivity contribution is 9.10. The Labute approximate surface area is 154 Å². The van der Waals surface area contributed by atoms with Crippen LogP contribution in [0.4, 0.5) is 15.8 Å². The Morgan fingerprint density at radius 2 is 1.84 bits per heavy atom. The van der Waals surface area contributed by atoms with Crippen LogP contribution in [0.5, 0.6) is 0 Å². The van der Waals surface area contributed by atoms with Crippen LogP contribution in [0.1, 0.15) is 23.2 Å². The summed E-state index contributed by atoms with van der Waals surface area (Å²) in [6, 6.07) is 11.9. The zero-order valence-corrected chi connectivity index (χ0v) is 15.1. The minimum atomic E-state index is -0.441. The van der Waals surface area contributed by atoms with Crippen LogP contribution < -0.4 is 10.2 Å². The number of hydrogen-bond acceptors (Lipinski definition) is 3. The predicted octanol–water partition coefficient (Wildman–Crippen LogP) is 4.26. The SMILES string of the molecule is O=Cc1ccc(N2CCC(C(=O)Nc3cc(Br)ccc3F)CC2)cc1. The fourth-order valence-electron chi connectivity index (χ4n) is 2.99. The molecule has 2 aromatic rings. The second-order valence-corrected chi connectivity index (χ2v) is 7.00. The smallest absolute Gasteiger partial charge is 0.227 e. The van der Waals surface area contributed by atoms with Crippen molar-refractivity contribution in [1.82, 2.24) is 0 Å². The van der Waals surface area contributed by atoms with E-state index in [2.05, 4.69) is 26.1 Å². The summed E-state index contributed by atoms with van der Waals surface area (Å²) in [6.07, 6.45) is 2.23. The topological polar surface area (TPSA) is 49.4 Å². The summed E-state index contributed by atoms with van der Waals surface area (Å²) in [5.41, 5.74) is 1.89. The normalized spacial score (nSPS) is 15.0. The van der Waals surface area contributed by atoms with Crippen molar-refractivity contribution < 1.29 is 14.0 Å². The highest BCUT2D eigenvalue weighted by Gasteiger charge is 2.25. The van der Waals surface area contributed by atoms with Crippen LogP contribution in [0.15, 0.2) is 46.9 Å². The minimum Gasteiger partial charge on any atom is -0.371 e. The third-order valence-corrected chi connectivity index (χ3v) is 4.94. The number of nitrogens with zero attached hydrogens (tertiary/aromatic N) is 1. The minimum absolute atomic E-state index is 0.135. The van der Waals surface area contributed by atoms with Gasteiger partial charge >= 0.3 is 0 Å². The Kier molecular flexibility index (Phi) is 5.48. The number of halogens is 2. The second kappa shape index (κ2) is 7.78. The van der Waals surface area contributed by atoms with E-state index in [9.17, 15) is 14.0 Å². The molecule has 1 saturated heterocycles. The molecule has 0 bridgehead atoms. The molecule has 0 aliphatic carbocycles. The lowest BCUT2D eigenvalue weighted by atomic mass is 9.95. The Balaban J connectivity index is 1.58. The molecule has 4 nitrogen and oxygen atoms in total. The number of hydrogen-bond donors (Lipinski definition) is 1. The summed E-state index contributed by atoms with van der Waals surface area (Å²) in [4.78, 5) is 25.3. The number of benzene rings is 2. The van der Waals surface area contributed by atoms with Gasteiger partial charge < -0.3 is 10.2 Å². The van der Waals surface area contributed by atoms with E-state index in [1.54, 1.807) is 24.3 Å². The highest BCUT2D eigenvalue weighted by Crippen LogP contribution is 2.26. The molecule has 1 fully saturated rings. The first kappa shape index (κ1) is 17.6. The van der Waals surface area contributed by atoms with E-state index in [-0.39, 0.29) is 17.5 Å². The van der Waals surface area contributed by atoms with Gasteiger partial charge in [0.2, 0.25) is 5.91 Å². The molecule has 0 spiro atoms. The molecular weight excluding hydrogens is 387 g/mol. The highest BCUT2D eigenvalue weighted by atomic mass is 79.9. The number of anilines is 2. The molecule has 0 atom stereocenters. The molecule has 3 rings (SSSR count). The van der Waals surface area contributed by atoms with Crippen LogP contribution in [0.3, 0.4) is 0 Å². The number of piperidine rings is 1. The van der Waals surface area contributed by atoms with Crippen molar-refractivity contribution in [3.63, 3.8) is 0 Å². The maximum absolute atomic E-state index is 13.8. The van der Waals surface area contributed by atoms with Crippen LogP contribution >= 0.6 is 15.9 Å². The number of carbonyl (C=O) groups is 2. The van der Waals surface area contributed by atoms with Gasteiger partial charge in [0, 0.05) is 34.7 Å². The van der Waals surface area contributed by atoms with Crippen molar-refractivity contribution >= 4 is 39.5 Å². The molecule has 2 aromatic carbocycles. The summed E-state index contributed by atoms with van der Waals surface area (Å²) in [5.74, 6) is -0.721. The number of amides is 1. The number of nitrogens with one attached hydrogen (secondary N) is 1. The maximum Gasteiger partial charge on any atom is 0.227 e. The molecule has 1 heterocycles. The summed E-state index contributed by atoms with van der Waals surface area (Å²) >= 11 is 3.28. The van der Waals surface area contributed by atoms with E-state index in [0.29, 0.717) is 18.4 Å². The summed E-state index contributed by atoms with van der Waals surface area (Å²) in [5, 5.41) is 2.69. The number of rotatable bonds is 4. The monoisotopic (exact) mass is 404 g/mol. The summed E-state index contributed by atoms with van der Waals surface area (Å²) < 4.78 is 14.5. The Morgan fingerprint density at radius 3 is 2.48 bits per heavy atom. The third kappa shape index (κ3) is 4.25. The van der Waals surface area contributed by atoms with E-state index >= 15 is 0 Å². The van der Waals surface area contributed by atoms with Gasteiger partial charge in [-0.25, -0.2) is 4.39 Å². The van der Waals surface area contributed by atoms with Crippen LogP contribution in [-0.4, -0.2) is 25.3 Å². The largest absolute Gasteiger partial charge is 0.371 e. The summed E-state index contributed by atoms with van der Waals surface area (Å²) in [6.45, 7) is 1.50. The molecule has 1 amide bonds. The molecule has 25 heavy (non-hydrogen) atoms. The molecule has 0 unspecified atom stereocenters. The fourth-order valence-corrected chi connectivity index (χ4v) is 3.35. The lowest BCUT2D eigenvalue weighted by molar-refractivity contribution is -0.120. The molecule has 130 valence electrons. The van der Waals surface area contributed by atoms with Crippen molar-refractivity contribution in [1.29, 1.82) is 0 Å². The van der Waals surface area contributed by atoms with Gasteiger partial charge in [0.15, 0.2) is 0 Å². The molecule has 6 heteroatoms. The van der Waals surface area contributed by atoms with Gasteiger partial charge in [0.05, 0.1) is 5.69 Å². The van der Waals surface area contributed by atoms with Gasteiger partial charge in [0.1, 0.15) is 12.1 Å². The molecule has 0 aromatic heterocycles. The fraction of sp³-hybridized carbons (Fsp3) is 0.263. The van der Waals surface area contributed by atoms with Crippen LogP contribution in [0.25, 0.3) is 0 Å². The van der Waals surface area contributed by atoms with Gasteiger partial charge in [-0.3, -0.25) is 9.59 Å². The lowest BCUT2D eigenvalue weighted by Crippen LogP contribution is -2.38. The Hall–Kier alpha value is -2.21.